The molecule has 1 unspecified atom stereocenters. The Bertz CT molecular complexity index is 574. The number of nitrogens with two attached hydrogens (primary N) is 1. The lowest BCUT2D eigenvalue weighted by Crippen LogP contribution is -2.46. The Morgan fingerprint density at radius 2 is 1.75 bits per heavy atom. The number of hydrogen-bond donors (Lipinski definition) is 1. The van der Waals surface area contributed by atoms with Crippen LogP contribution < -0.4 is 19.9 Å². The molecule has 3 rings (SSSR count). The van der Waals surface area contributed by atoms with E-state index in [1.54, 1.807) is 14.2 Å². The average Bonchev–Trinajstić information content (AvgIpc) is 3.25. The predicted molar refractivity (Wildman–Crippen MR) is 109 cm³/mol. The summed E-state index contributed by atoms with van der Waals surface area (Å²) in [5.41, 5.74) is 6.80. The maximum Gasteiger partial charge on any atom is 0.203 e. The first-order valence-corrected chi connectivity index (χ1v) is 10.4. The molecule has 2 aliphatic heterocycles. The summed E-state index contributed by atoms with van der Waals surface area (Å²) in [5.74, 6) is 2.10. The number of nitrogens with zero attached hydrogens (tertiary/aromatic N) is 2. The fraction of sp³-hybridized carbons (Fsp3) is 0.714. The largest absolute Gasteiger partial charge is 0.493 e. The highest BCUT2D eigenvalue weighted by Gasteiger charge is 2.21. The monoisotopic (exact) mass is 393 g/mol. The van der Waals surface area contributed by atoms with Gasteiger partial charge in [-0.1, -0.05) is 0 Å². The van der Waals surface area contributed by atoms with Crippen LogP contribution in [0.4, 0.5) is 0 Å². The first-order chi connectivity index (χ1) is 13.7. The van der Waals surface area contributed by atoms with Crippen molar-refractivity contribution in [1.82, 2.24) is 9.80 Å². The Balaban J connectivity index is 1.60. The quantitative estimate of drug-likeness (QED) is 0.649. The van der Waals surface area contributed by atoms with Crippen molar-refractivity contribution < 1.29 is 18.9 Å². The first-order valence-electron chi connectivity index (χ1n) is 10.4. The van der Waals surface area contributed by atoms with Gasteiger partial charge in [0.05, 0.1) is 20.3 Å². The van der Waals surface area contributed by atoms with E-state index in [-0.39, 0.29) is 6.10 Å². The molecule has 0 aliphatic carbocycles. The van der Waals surface area contributed by atoms with Gasteiger partial charge in [-0.25, -0.2) is 0 Å². The van der Waals surface area contributed by atoms with E-state index >= 15 is 0 Å². The van der Waals surface area contributed by atoms with Gasteiger partial charge in [-0.05, 0) is 50.0 Å². The molecule has 2 fully saturated rings. The SMILES string of the molecule is COc1cc(CN2CCN(CCCN)CC2)cc(OC)c1OCC1CCCO1. The van der Waals surface area contributed by atoms with Crippen molar-refractivity contribution in [3.05, 3.63) is 17.7 Å². The van der Waals surface area contributed by atoms with Crippen LogP contribution in [0.1, 0.15) is 24.8 Å². The molecule has 0 saturated carbocycles. The van der Waals surface area contributed by atoms with Gasteiger partial charge < -0.3 is 29.6 Å². The lowest BCUT2D eigenvalue weighted by atomic mass is 10.1. The van der Waals surface area contributed by atoms with Crippen molar-refractivity contribution in [2.24, 2.45) is 5.73 Å². The average molecular weight is 394 g/mol. The molecular formula is C21H35N3O4. The van der Waals surface area contributed by atoms with Gasteiger partial charge in [0, 0.05) is 39.3 Å². The third-order valence-corrected chi connectivity index (χ3v) is 5.51. The zero-order valence-corrected chi connectivity index (χ0v) is 17.3. The molecule has 7 heteroatoms. The van der Waals surface area contributed by atoms with Crippen LogP contribution in [-0.4, -0.2) is 82.6 Å². The van der Waals surface area contributed by atoms with Crippen LogP contribution in [0.2, 0.25) is 0 Å². The molecule has 0 bridgehead atoms. The summed E-state index contributed by atoms with van der Waals surface area (Å²) >= 11 is 0. The zero-order chi connectivity index (χ0) is 19.8. The van der Waals surface area contributed by atoms with E-state index in [0.717, 1.165) is 71.7 Å². The molecule has 28 heavy (non-hydrogen) atoms. The van der Waals surface area contributed by atoms with E-state index in [1.807, 2.05) is 0 Å². The van der Waals surface area contributed by atoms with E-state index < -0.39 is 0 Å². The Hall–Kier alpha value is -1.54. The van der Waals surface area contributed by atoms with Crippen molar-refractivity contribution >= 4 is 0 Å². The lowest BCUT2D eigenvalue weighted by Gasteiger charge is -2.34. The second-order valence-corrected chi connectivity index (χ2v) is 7.54. The van der Waals surface area contributed by atoms with Gasteiger partial charge in [-0.15, -0.1) is 0 Å². The molecule has 1 atom stereocenters. The minimum atomic E-state index is 0.157. The number of rotatable bonds is 10. The van der Waals surface area contributed by atoms with Gasteiger partial charge >= 0.3 is 0 Å². The van der Waals surface area contributed by atoms with Crippen LogP contribution >= 0.6 is 0 Å². The van der Waals surface area contributed by atoms with E-state index in [2.05, 4.69) is 21.9 Å². The number of piperazine rings is 1. The van der Waals surface area contributed by atoms with Crippen LogP contribution in [0, 0.1) is 0 Å². The van der Waals surface area contributed by atoms with E-state index in [0.29, 0.717) is 23.9 Å². The molecule has 2 aliphatic rings. The summed E-state index contributed by atoms with van der Waals surface area (Å²) in [6.45, 7) is 8.40. The van der Waals surface area contributed by atoms with E-state index in [1.165, 1.54) is 5.56 Å². The highest BCUT2D eigenvalue weighted by molar-refractivity contribution is 5.54. The Kier molecular flexibility index (Phi) is 8.21. The number of methoxy groups -OCH3 is 2. The Morgan fingerprint density at radius 3 is 2.32 bits per heavy atom. The number of hydrogen-bond acceptors (Lipinski definition) is 7. The predicted octanol–water partition coefficient (Wildman–Crippen LogP) is 1.73. The normalized spacial score (nSPS) is 21.0. The fourth-order valence-electron chi connectivity index (χ4n) is 3.86. The van der Waals surface area contributed by atoms with E-state index in [9.17, 15) is 0 Å². The smallest absolute Gasteiger partial charge is 0.203 e. The molecule has 0 radical (unpaired) electrons. The molecule has 0 amide bonds. The summed E-state index contributed by atoms with van der Waals surface area (Å²) in [5, 5.41) is 0. The third kappa shape index (κ3) is 5.73. The van der Waals surface area contributed by atoms with Gasteiger partial charge in [0.1, 0.15) is 6.61 Å². The van der Waals surface area contributed by atoms with Crippen molar-refractivity contribution in [1.29, 1.82) is 0 Å². The summed E-state index contributed by atoms with van der Waals surface area (Å²) in [6, 6.07) is 4.13. The van der Waals surface area contributed by atoms with Gasteiger partial charge in [0.2, 0.25) is 5.75 Å². The molecule has 1 aromatic rings. The second kappa shape index (κ2) is 10.9. The van der Waals surface area contributed by atoms with Crippen LogP contribution in [-0.2, 0) is 11.3 Å². The molecule has 7 nitrogen and oxygen atoms in total. The molecule has 2 heterocycles. The summed E-state index contributed by atoms with van der Waals surface area (Å²) in [6.07, 6.45) is 3.37. The van der Waals surface area contributed by atoms with Crippen LogP contribution in [0.15, 0.2) is 12.1 Å². The molecular weight excluding hydrogens is 358 g/mol. The van der Waals surface area contributed by atoms with Crippen LogP contribution in [0.25, 0.3) is 0 Å². The van der Waals surface area contributed by atoms with Gasteiger partial charge in [0.15, 0.2) is 11.5 Å². The van der Waals surface area contributed by atoms with Gasteiger partial charge in [-0.3, -0.25) is 4.90 Å². The molecule has 0 spiro atoms. The Labute approximate surface area is 168 Å². The number of benzene rings is 1. The summed E-state index contributed by atoms with van der Waals surface area (Å²) in [7, 11) is 3.35. The minimum absolute atomic E-state index is 0.157. The van der Waals surface area contributed by atoms with Gasteiger partial charge in [0.25, 0.3) is 0 Å². The summed E-state index contributed by atoms with van der Waals surface area (Å²) in [4.78, 5) is 4.96. The zero-order valence-electron chi connectivity index (χ0n) is 17.3. The van der Waals surface area contributed by atoms with Crippen molar-refractivity contribution in [3.63, 3.8) is 0 Å². The standard InChI is InChI=1S/C21H35N3O4/c1-25-19-13-17(15-24-10-8-23(9-11-24)7-4-6-22)14-20(26-2)21(19)28-16-18-5-3-12-27-18/h13-14,18H,3-12,15-16,22H2,1-2H3. The van der Waals surface area contributed by atoms with Gasteiger partial charge in [-0.2, -0.15) is 0 Å². The maximum absolute atomic E-state index is 6.03. The molecule has 0 aromatic heterocycles. The molecule has 1 aromatic carbocycles. The number of ether oxygens (including phenoxy) is 4. The molecule has 2 saturated heterocycles. The second-order valence-electron chi connectivity index (χ2n) is 7.54. The van der Waals surface area contributed by atoms with Crippen LogP contribution in [0.3, 0.4) is 0 Å². The topological polar surface area (TPSA) is 69.4 Å². The van der Waals surface area contributed by atoms with E-state index in [4.69, 9.17) is 24.7 Å². The highest BCUT2D eigenvalue weighted by Crippen LogP contribution is 2.39. The highest BCUT2D eigenvalue weighted by atomic mass is 16.6. The minimum Gasteiger partial charge on any atom is -0.493 e. The fourth-order valence-corrected chi connectivity index (χ4v) is 3.86. The van der Waals surface area contributed by atoms with Crippen LogP contribution in [0.5, 0.6) is 17.2 Å². The molecule has 2 N–H and O–H groups in total. The first kappa shape index (κ1) is 21.2. The Morgan fingerprint density at radius 1 is 1.07 bits per heavy atom. The summed E-state index contributed by atoms with van der Waals surface area (Å²) < 4.78 is 22.9. The lowest BCUT2D eigenvalue weighted by molar-refractivity contribution is 0.0659. The maximum atomic E-state index is 6.03. The third-order valence-electron chi connectivity index (χ3n) is 5.51. The van der Waals surface area contributed by atoms with Crippen molar-refractivity contribution in [3.8, 4) is 17.2 Å². The van der Waals surface area contributed by atoms with Crippen molar-refractivity contribution in [2.75, 3.05) is 66.7 Å². The molecule has 158 valence electrons. The van der Waals surface area contributed by atoms with Crippen molar-refractivity contribution in [2.45, 2.75) is 31.9 Å².